The molecule has 1 fully saturated rings. The molecule has 7 nitrogen and oxygen atoms in total. The lowest BCUT2D eigenvalue weighted by atomic mass is 9.76. The van der Waals surface area contributed by atoms with Gasteiger partial charge in [0, 0.05) is 57.2 Å². The van der Waals surface area contributed by atoms with Crippen molar-refractivity contribution in [3.63, 3.8) is 0 Å². The molecular weight excluding hydrogens is 392 g/mol. The number of fused-ring (bicyclic) bond motifs is 1. The second-order valence-electron chi connectivity index (χ2n) is 9.01. The zero-order chi connectivity index (χ0) is 21.8. The van der Waals surface area contributed by atoms with E-state index < -0.39 is 0 Å². The third-order valence-corrected chi connectivity index (χ3v) is 6.19. The van der Waals surface area contributed by atoms with Gasteiger partial charge in [0.25, 0.3) is 5.91 Å². The van der Waals surface area contributed by atoms with Gasteiger partial charge < -0.3 is 15.0 Å². The molecule has 2 amide bonds. The summed E-state index contributed by atoms with van der Waals surface area (Å²) in [5.41, 5.74) is 1.12. The maximum Gasteiger partial charge on any atom is 0.274 e. The summed E-state index contributed by atoms with van der Waals surface area (Å²) in [6.45, 7) is 6.08. The van der Waals surface area contributed by atoms with E-state index in [1.807, 2.05) is 23.1 Å². The first-order chi connectivity index (χ1) is 15.0. The first kappa shape index (κ1) is 21.3. The SMILES string of the molecule is CC(C)CNC(=O)CC1CC2(CCN(C(=O)c3cnccn3)CC2)Oc2ccccc21. The highest BCUT2D eigenvalue weighted by atomic mass is 16.5. The molecule has 1 N–H and O–H groups in total. The van der Waals surface area contributed by atoms with Crippen LogP contribution in [0.5, 0.6) is 5.75 Å². The smallest absolute Gasteiger partial charge is 0.274 e. The average molecular weight is 423 g/mol. The van der Waals surface area contributed by atoms with Crippen molar-refractivity contribution < 1.29 is 14.3 Å². The van der Waals surface area contributed by atoms with E-state index in [4.69, 9.17) is 4.74 Å². The van der Waals surface area contributed by atoms with Gasteiger partial charge in [-0.1, -0.05) is 32.0 Å². The summed E-state index contributed by atoms with van der Waals surface area (Å²) in [6.07, 6.45) is 7.31. The Balaban J connectivity index is 1.46. The van der Waals surface area contributed by atoms with Crippen LogP contribution >= 0.6 is 0 Å². The fourth-order valence-corrected chi connectivity index (χ4v) is 4.54. The van der Waals surface area contributed by atoms with Crippen molar-refractivity contribution in [1.82, 2.24) is 20.2 Å². The van der Waals surface area contributed by atoms with Crippen molar-refractivity contribution in [2.24, 2.45) is 5.92 Å². The number of nitrogens with one attached hydrogen (secondary N) is 1. The third kappa shape index (κ3) is 4.86. The van der Waals surface area contributed by atoms with E-state index in [1.54, 1.807) is 6.20 Å². The minimum atomic E-state index is -0.351. The quantitative estimate of drug-likeness (QED) is 0.800. The normalized spacial score (nSPS) is 19.6. The molecule has 1 unspecified atom stereocenters. The summed E-state index contributed by atoms with van der Waals surface area (Å²) in [5, 5.41) is 3.05. The molecule has 0 saturated carbocycles. The lowest BCUT2D eigenvalue weighted by Crippen LogP contribution is -2.52. The van der Waals surface area contributed by atoms with Crippen molar-refractivity contribution >= 4 is 11.8 Å². The van der Waals surface area contributed by atoms with Crippen molar-refractivity contribution in [3.05, 3.63) is 54.1 Å². The van der Waals surface area contributed by atoms with Crippen LogP contribution in [0.1, 0.15) is 61.5 Å². The summed E-state index contributed by atoms with van der Waals surface area (Å²) in [7, 11) is 0. The van der Waals surface area contributed by atoms with Gasteiger partial charge in [0.05, 0.1) is 6.20 Å². The van der Waals surface area contributed by atoms with Crippen LogP contribution in [0.4, 0.5) is 0 Å². The summed E-state index contributed by atoms with van der Waals surface area (Å²) in [5.74, 6) is 1.39. The number of carbonyl (C=O) groups is 2. The van der Waals surface area contributed by atoms with Crippen molar-refractivity contribution in [1.29, 1.82) is 0 Å². The largest absolute Gasteiger partial charge is 0.487 e. The number of nitrogens with zero attached hydrogens (tertiary/aromatic N) is 3. The highest BCUT2D eigenvalue weighted by Crippen LogP contribution is 2.46. The van der Waals surface area contributed by atoms with Gasteiger partial charge in [-0.25, -0.2) is 4.98 Å². The summed E-state index contributed by atoms with van der Waals surface area (Å²) in [4.78, 5) is 35.3. The molecule has 2 aliphatic rings. The molecule has 0 bridgehead atoms. The minimum Gasteiger partial charge on any atom is -0.487 e. The van der Waals surface area contributed by atoms with Crippen molar-refractivity contribution in [3.8, 4) is 5.75 Å². The molecule has 3 heterocycles. The zero-order valence-electron chi connectivity index (χ0n) is 18.2. The lowest BCUT2D eigenvalue weighted by molar-refractivity contribution is -0.122. The van der Waals surface area contributed by atoms with Gasteiger partial charge in [-0.05, 0) is 24.0 Å². The van der Waals surface area contributed by atoms with Crippen LogP contribution in [0.2, 0.25) is 0 Å². The van der Waals surface area contributed by atoms with Gasteiger partial charge >= 0.3 is 0 Å². The van der Waals surface area contributed by atoms with E-state index in [1.165, 1.54) is 12.4 Å². The molecule has 164 valence electrons. The van der Waals surface area contributed by atoms with Crippen LogP contribution in [0, 0.1) is 5.92 Å². The first-order valence-electron chi connectivity index (χ1n) is 11.1. The summed E-state index contributed by atoms with van der Waals surface area (Å²) < 4.78 is 6.51. The number of likely N-dealkylation sites (tertiary alicyclic amines) is 1. The van der Waals surface area contributed by atoms with Crippen LogP contribution in [0.3, 0.4) is 0 Å². The molecule has 7 heteroatoms. The second kappa shape index (κ2) is 9.04. The van der Waals surface area contributed by atoms with E-state index in [-0.39, 0.29) is 23.3 Å². The van der Waals surface area contributed by atoms with E-state index in [0.29, 0.717) is 37.7 Å². The molecule has 0 radical (unpaired) electrons. The third-order valence-electron chi connectivity index (χ3n) is 6.19. The number of rotatable bonds is 5. The van der Waals surface area contributed by atoms with Gasteiger partial charge in [-0.15, -0.1) is 0 Å². The molecule has 1 aromatic heterocycles. The van der Waals surface area contributed by atoms with Crippen molar-refractivity contribution in [2.75, 3.05) is 19.6 Å². The van der Waals surface area contributed by atoms with E-state index in [2.05, 4.69) is 35.2 Å². The minimum absolute atomic E-state index is 0.0841. The number of carbonyl (C=O) groups excluding carboxylic acids is 2. The van der Waals surface area contributed by atoms with Gasteiger partial charge in [-0.3, -0.25) is 14.6 Å². The number of hydrogen-bond donors (Lipinski definition) is 1. The maximum atomic E-state index is 12.7. The number of para-hydroxylation sites is 1. The summed E-state index contributed by atoms with van der Waals surface area (Å²) >= 11 is 0. The predicted molar refractivity (Wildman–Crippen MR) is 117 cm³/mol. The molecule has 2 aliphatic heterocycles. The van der Waals surface area contributed by atoms with E-state index in [9.17, 15) is 9.59 Å². The highest BCUT2D eigenvalue weighted by Gasteiger charge is 2.44. The number of ether oxygens (including phenoxy) is 1. The molecule has 1 aromatic carbocycles. The lowest BCUT2D eigenvalue weighted by Gasteiger charge is -2.46. The number of amides is 2. The molecule has 1 spiro atoms. The van der Waals surface area contributed by atoms with Gasteiger partial charge in [0.1, 0.15) is 17.0 Å². The van der Waals surface area contributed by atoms with Crippen LogP contribution in [-0.4, -0.2) is 51.9 Å². The van der Waals surface area contributed by atoms with Crippen LogP contribution in [0.25, 0.3) is 0 Å². The Bertz CT molecular complexity index is 923. The van der Waals surface area contributed by atoms with Crippen LogP contribution in [0.15, 0.2) is 42.9 Å². The van der Waals surface area contributed by atoms with Gasteiger partial charge in [0.15, 0.2) is 0 Å². The first-order valence-corrected chi connectivity index (χ1v) is 11.1. The Morgan fingerprint density at radius 2 is 2.00 bits per heavy atom. The molecule has 4 rings (SSSR count). The molecule has 31 heavy (non-hydrogen) atoms. The molecular formula is C24H30N4O3. The Hall–Kier alpha value is -2.96. The number of piperidine rings is 1. The molecule has 1 atom stereocenters. The number of hydrogen-bond acceptors (Lipinski definition) is 5. The number of aromatic nitrogens is 2. The highest BCUT2D eigenvalue weighted by molar-refractivity contribution is 5.92. The van der Waals surface area contributed by atoms with E-state index >= 15 is 0 Å². The Kier molecular flexibility index (Phi) is 6.20. The fourth-order valence-electron chi connectivity index (χ4n) is 4.54. The predicted octanol–water partition coefficient (Wildman–Crippen LogP) is 3.18. The Labute approximate surface area is 183 Å². The maximum absolute atomic E-state index is 12.7. The molecule has 2 aromatic rings. The molecule has 0 aliphatic carbocycles. The number of benzene rings is 1. The summed E-state index contributed by atoms with van der Waals surface area (Å²) in [6, 6.07) is 8.03. The van der Waals surface area contributed by atoms with Crippen LogP contribution < -0.4 is 10.1 Å². The van der Waals surface area contributed by atoms with Gasteiger partial charge in [-0.2, -0.15) is 0 Å². The second-order valence-corrected chi connectivity index (χ2v) is 9.01. The topological polar surface area (TPSA) is 84.4 Å². The van der Waals surface area contributed by atoms with Gasteiger partial charge in [0.2, 0.25) is 5.91 Å². The molecule has 1 saturated heterocycles. The monoisotopic (exact) mass is 422 g/mol. The van der Waals surface area contributed by atoms with E-state index in [0.717, 1.165) is 30.6 Å². The zero-order valence-corrected chi connectivity index (χ0v) is 18.2. The van der Waals surface area contributed by atoms with Crippen molar-refractivity contribution in [2.45, 2.75) is 51.0 Å². The average Bonchev–Trinajstić information content (AvgIpc) is 2.78. The fraction of sp³-hybridized carbons (Fsp3) is 0.500. The Morgan fingerprint density at radius 1 is 1.23 bits per heavy atom. The standard InChI is InChI=1S/C24H30N4O3/c1-17(2)15-27-22(29)13-18-14-24(31-21-6-4-3-5-19(18)21)7-11-28(12-8-24)23(30)20-16-25-9-10-26-20/h3-6,9-10,16-18H,7-8,11-15H2,1-2H3,(H,27,29). The Morgan fingerprint density at radius 3 is 2.71 bits per heavy atom. The van der Waals surface area contributed by atoms with Crippen LogP contribution in [-0.2, 0) is 4.79 Å².